The number of hydrogen-bond acceptors (Lipinski definition) is 5. The minimum atomic E-state index is 0.796. The van der Waals surface area contributed by atoms with Gasteiger partial charge in [-0.2, -0.15) is 0 Å². The normalized spacial score (nSPS) is 22.2. The molecule has 2 aliphatic rings. The Kier molecular flexibility index (Phi) is 4.46. The summed E-state index contributed by atoms with van der Waals surface area (Å²) in [6, 6.07) is 0. The van der Waals surface area contributed by atoms with E-state index in [4.69, 9.17) is 4.74 Å². The predicted octanol–water partition coefficient (Wildman–Crippen LogP) is 1.14. The molecule has 0 bridgehead atoms. The van der Waals surface area contributed by atoms with Gasteiger partial charge in [-0.3, -0.25) is 0 Å². The van der Waals surface area contributed by atoms with E-state index in [0.29, 0.717) is 0 Å². The Bertz CT molecular complexity index is 681. The summed E-state index contributed by atoms with van der Waals surface area (Å²) in [4.78, 5) is 13.4. The van der Waals surface area contributed by atoms with Gasteiger partial charge in [0.2, 0.25) is 0 Å². The molecule has 1 aliphatic carbocycles. The highest BCUT2D eigenvalue weighted by Crippen LogP contribution is 2.39. The van der Waals surface area contributed by atoms with Crippen LogP contribution in [0.1, 0.15) is 23.8 Å². The van der Waals surface area contributed by atoms with Gasteiger partial charge in [-0.25, -0.2) is 9.97 Å². The van der Waals surface area contributed by atoms with Gasteiger partial charge in [0.05, 0.1) is 31.7 Å². The molecule has 1 atom stereocenters. The van der Waals surface area contributed by atoms with Crippen molar-refractivity contribution in [2.75, 3.05) is 44.7 Å². The molecule has 2 aromatic heterocycles. The van der Waals surface area contributed by atoms with Crippen LogP contribution in [0, 0.1) is 5.92 Å². The molecule has 0 radical (unpaired) electrons. The second-order valence-corrected chi connectivity index (χ2v) is 7.88. The first-order valence-corrected chi connectivity index (χ1v) is 9.53. The number of aryl methyl sites for hydroxylation is 1. The molecule has 0 saturated carbocycles. The van der Waals surface area contributed by atoms with E-state index in [0.717, 1.165) is 56.0 Å². The Hall–Kier alpha value is -1.24. The molecule has 0 spiro atoms. The molecule has 0 unspecified atom stereocenters. The third kappa shape index (κ3) is 3.20. The van der Waals surface area contributed by atoms with Gasteiger partial charge < -0.3 is 15.0 Å². The van der Waals surface area contributed by atoms with E-state index in [-0.39, 0.29) is 0 Å². The minimum absolute atomic E-state index is 0.796. The van der Waals surface area contributed by atoms with Crippen LogP contribution in [0.5, 0.6) is 0 Å². The third-order valence-corrected chi connectivity index (χ3v) is 6.22. The number of nitrogens with zero attached hydrogens (tertiary/aromatic N) is 2. The molecule has 1 aliphatic heterocycles. The Morgan fingerprint density at radius 1 is 1.35 bits per heavy atom. The second kappa shape index (κ2) is 6.71. The Labute approximate surface area is 141 Å². The van der Waals surface area contributed by atoms with Crippen molar-refractivity contribution in [3.05, 3.63) is 16.8 Å². The summed E-state index contributed by atoms with van der Waals surface area (Å²) in [6.45, 7) is 8.45. The first-order valence-electron chi connectivity index (χ1n) is 8.71. The van der Waals surface area contributed by atoms with Crippen LogP contribution in [0.4, 0.5) is 5.82 Å². The summed E-state index contributed by atoms with van der Waals surface area (Å²) < 4.78 is 5.42. The Morgan fingerprint density at radius 3 is 3.09 bits per heavy atom. The number of rotatable bonds is 4. The number of morpholine rings is 1. The van der Waals surface area contributed by atoms with Crippen molar-refractivity contribution >= 4 is 27.4 Å². The van der Waals surface area contributed by atoms with Gasteiger partial charge in [0, 0.05) is 4.88 Å². The van der Waals surface area contributed by atoms with Crippen molar-refractivity contribution in [3.63, 3.8) is 0 Å². The Morgan fingerprint density at radius 2 is 2.22 bits per heavy atom. The zero-order valence-corrected chi connectivity index (χ0v) is 14.5. The Balaban J connectivity index is 1.50. The first kappa shape index (κ1) is 15.3. The number of ether oxygens (including phenoxy) is 1. The van der Waals surface area contributed by atoms with Gasteiger partial charge in [0.1, 0.15) is 30.1 Å². The average Bonchev–Trinajstić information content (AvgIpc) is 2.94. The van der Waals surface area contributed by atoms with Crippen LogP contribution in [0.25, 0.3) is 10.2 Å². The van der Waals surface area contributed by atoms with E-state index in [9.17, 15) is 0 Å². The van der Waals surface area contributed by atoms with Crippen LogP contribution in [0.15, 0.2) is 6.33 Å². The molecule has 3 heterocycles. The standard InChI is InChI=1S/C17H24N4OS/c1-12-2-3-13-14(10-12)23-17-15(13)16(19-11-20-17)18-4-5-21-6-8-22-9-7-21/h11-12H,2-10H2,1H3,(H,18,19,20)/p+1/t12-/m1/s1. The minimum Gasteiger partial charge on any atom is -0.370 e. The molecule has 4 rings (SSSR count). The summed E-state index contributed by atoms with van der Waals surface area (Å²) in [7, 11) is 0. The average molecular weight is 333 g/mol. The van der Waals surface area contributed by atoms with Crippen molar-refractivity contribution in [2.24, 2.45) is 5.92 Å². The van der Waals surface area contributed by atoms with Crippen molar-refractivity contribution < 1.29 is 9.64 Å². The summed E-state index contributed by atoms with van der Waals surface area (Å²) in [5.41, 5.74) is 1.50. The van der Waals surface area contributed by atoms with Crippen LogP contribution in [0.2, 0.25) is 0 Å². The topological polar surface area (TPSA) is 51.5 Å². The lowest BCUT2D eigenvalue weighted by atomic mass is 9.89. The fourth-order valence-corrected chi connectivity index (χ4v) is 5.03. The molecule has 5 nitrogen and oxygen atoms in total. The van der Waals surface area contributed by atoms with E-state index in [2.05, 4.69) is 22.2 Å². The maximum absolute atomic E-state index is 5.42. The van der Waals surface area contributed by atoms with Gasteiger partial charge in [-0.15, -0.1) is 11.3 Å². The fraction of sp³-hybridized carbons (Fsp3) is 0.647. The van der Waals surface area contributed by atoms with Crippen molar-refractivity contribution in [2.45, 2.75) is 26.2 Å². The summed E-state index contributed by atoms with van der Waals surface area (Å²) in [6.07, 6.45) is 5.36. The number of aromatic nitrogens is 2. The van der Waals surface area contributed by atoms with Gasteiger partial charge >= 0.3 is 0 Å². The van der Waals surface area contributed by atoms with E-state index in [1.807, 2.05) is 11.3 Å². The van der Waals surface area contributed by atoms with Gasteiger partial charge in [0.15, 0.2) is 0 Å². The molecule has 6 heteroatoms. The monoisotopic (exact) mass is 333 g/mol. The fourth-order valence-electron chi connectivity index (χ4n) is 3.68. The zero-order chi connectivity index (χ0) is 15.6. The van der Waals surface area contributed by atoms with Crippen molar-refractivity contribution in [1.82, 2.24) is 9.97 Å². The second-order valence-electron chi connectivity index (χ2n) is 6.79. The van der Waals surface area contributed by atoms with E-state index in [1.165, 1.54) is 35.1 Å². The number of nitrogens with one attached hydrogen (secondary N) is 2. The maximum Gasteiger partial charge on any atom is 0.138 e. The van der Waals surface area contributed by atoms with E-state index < -0.39 is 0 Å². The third-order valence-electron chi connectivity index (χ3n) is 5.06. The molecule has 1 fully saturated rings. The molecule has 0 amide bonds. The molecule has 0 aromatic carbocycles. The van der Waals surface area contributed by atoms with Gasteiger partial charge in [-0.1, -0.05) is 6.92 Å². The first-order chi connectivity index (χ1) is 11.3. The SMILES string of the molecule is C[C@@H]1CCc2c(sc3ncnc(NCC[NH+]4CCOCC4)c23)C1. The number of hydrogen-bond donors (Lipinski definition) is 2. The molecule has 23 heavy (non-hydrogen) atoms. The maximum atomic E-state index is 5.42. The quantitative estimate of drug-likeness (QED) is 0.881. The molecule has 2 aromatic rings. The molecule has 1 saturated heterocycles. The van der Waals surface area contributed by atoms with E-state index in [1.54, 1.807) is 11.2 Å². The van der Waals surface area contributed by atoms with Crippen LogP contribution in [0.3, 0.4) is 0 Å². The largest absolute Gasteiger partial charge is 0.370 e. The predicted molar refractivity (Wildman–Crippen MR) is 93.5 cm³/mol. The highest BCUT2D eigenvalue weighted by molar-refractivity contribution is 7.19. The van der Waals surface area contributed by atoms with Crippen molar-refractivity contribution in [1.29, 1.82) is 0 Å². The van der Waals surface area contributed by atoms with Crippen LogP contribution < -0.4 is 10.2 Å². The lowest BCUT2D eigenvalue weighted by Crippen LogP contribution is -3.14. The summed E-state index contributed by atoms with van der Waals surface area (Å²) in [5.74, 6) is 1.83. The molecular weight excluding hydrogens is 308 g/mol. The van der Waals surface area contributed by atoms with Crippen LogP contribution >= 0.6 is 11.3 Å². The van der Waals surface area contributed by atoms with Crippen molar-refractivity contribution in [3.8, 4) is 0 Å². The number of thiophene rings is 1. The zero-order valence-electron chi connectivity index (χ0n) is 13.7. The van der Waals surface area contributed by atoms with Gasteiger partial charge in [0.25, 0.3) is 0 Å². The number of anilines is 1. The number of fused-ring (bicyclic) bond motifs is 3. The lowest BCUT2D eigenvalue weighted by molar-refractivity contribution is -0.906. The summed E-state index contributed by atoms with van der Waals surface area (Å²) in [5, 5.41) is 4.86. The lowest BCUT2D eigenvalue weighted by Gasteiger charge is -2.24. The highest BCUT2D eigenvalue weighted by atomic mass is 32.1. The highest BCUT2D eigenvalue weighted by Gasteiger charge is 2.23. The van der Waals surface area contributed by atoms with Gasteiger partial charge in [-0.05, 0) is 30.7 Å². The van der Waals surface area contributed by atoms with E-state index >= 15 is 0 Å². The molecular formula is C17H25N4OS+. The smallest absolute Gasteiger partial charge is 0.138 e. The van der Waals surface area contributed by atoms with Crippen LogP contribution in [-0.4, -0.2) is 49.4 Å². The van der Waals surface area contributed by atoms with Crippen LogP contribution in [-0.2, 0) is 17.6 Å². The number of quaternary nitrogens is 1. The molecule has 2 N–H and O–H groups in total. The summed E-state index contributed by atoms with van der Waals surface area (Å²) >= 11 is 1.87. The molecule has 124 valence electrons.